The Bertz CT molecular complexity index is 2530. The van der Waals surface area contributed by atoms with Crippen molar-refractivity contribution in [2.75, 3.05) is 16.4 Å². The van der Waals surface area contributed by atoms with Crippen LogP contribution in [0.1, 0.15) is 11.1 Å². The summed E-state index contributed by atoms with van der Waals surface area (Å²) in [5.74, 6) is 0.184. The number of fused-ring (bicyclic) bond motifs is 1. The van der Waals surface area contributed by atoms with Gasteiger partial charge in [-0.25, -0.2) is 9.97 Å². The summed E-state index contributed by atoms with van der Waals surface area (Å²) in [5.41, 5.74) is 8.99. The van der Waals surface area contributed by atoms with Gasteiger partial charge in [0.1, 0.15) is 22.5 Å². The van der Waals surface area contributed by atoms with Gasteiger partial charge in [-0.05, 0) is 72.3 Å². The van der Waals surface area contributed by atoms with E-state index in [2.05, 4.69) is 36.9 Å². The second-order valence-corrected chi connectivity index (χ2v) is 14.3. The number of hydrogen-bond donors (Lipinski definition) is 5. The third-order valence-electron chi connectivity index (χ3n) is 7.26. The maximum absolute atomic E-state index is 11.6. The van der Waals surface area contributed by atoms with Gasteiger partial charge in [-0.3, -0.25) is 9.11 Å². The first kappa shape index (κ1) is 33.1. The molecule has 0 bridgehead atoms. The molecule has 0 aliphatic heterocycles. The first-order valence-corrected chi connectivity index (χ1v) is 17.8. The highest BCUT2D eigenvalue weighted by molar-refractivity contribution is 7.86. The van der Waals surface area contributed by atoms with Gasteiger partial charge < -0.3 is 16.4 Å². The van der Waals surface area contributed by atoms with Crippen LogP contribution in [0.15, 0.2) is 111 Å². The number of rotatable bonds is 9. The molecule has 0 aliphatic rings. The molecule has 246 valence electrons. The van der Waals surface area contributed by atoms with Crippen LogP contribution in [-0.4, -0.2) is 35.9 Å². The Balaban J connectivity index is 1.40. The molecule has 0 fully saturated rings. The first-order chi connectivity index (χ1) is 23.3. The maximum atomic E-state index is 11.6. The number of anilines is 5. The molecular weight excluding hydrogens is 689 g/mol. The van der Waals surface area contributed by atoms with Crippen molar-refractivity contribution < 1.29 is 25.9 Å². The van der Waals surface area contributed by atoms with E-state index in [0.717, 1.165) is 27.7 Å². The summed E-state index contributed by atoms with van der Waals surface area (Å²) < 4.78 is 64.8. The molecule has 0 saturated carbocycles. The number of benzene rings is 4. The van der Waals surface area contributed by atoms with E-state index in [1.807, 2.05) is 42.5 Å². The Morgan fingerprint density at radius 3 is 1.92 bits per heavy atom. The Morgan fingerprint density at radius 1 is 0.776 bits per heavy atom. The fraction of sp³-hybridized carbons (Fsp3) is 0.0312. The van der Waals surface area contributed by atoms with Gasteiger partial charge >= 0.3 is 0 Å². The largest absolute Gasteiger partial charge is 0.389 e. The fourth-order valence-corrected chi connectivity index (χ4v) is 6.46. The molecule has 14 nitrogen and oxygen atoms in total. The molecule has 6 aromatic rings. The van der Waals surface area contributed by atoms with Crippen LogP contribution in [0.3, 0.4) is 0 Å². The summed E-state index contributed by atoms with van der Waals surface area (Å²) in [6, 6.07) is 26.2. The predicted molar refractivity (Wildman–Crippen MR) is 186 cm³/mol. The quantitative estimate of drug-likeness (QED) is 0.0723. The standard InChI is InChI=1S/C32H24N8O6S3/c1-18-26(17-33)30(35-22-8-12-24(13-9-22)48(41,42)43)38-31(36-23-10-14-25(15-11-23)49(44,45)46)27(18)39-40-32-37-28(29(34)47-32)21-7-6-19-4-2-3-5-20(19)16-21/h2-16H,34H2,1H3,(H2,35,36,38)(H,41,42,43)(H,44,45,46)/b40-39+. The number of nitrogens with zero attached hydrogens (tertiary/aromatic N) is 5. The Kier molecular flexibility index (Phi) is 8.81. The summed E-state index contributed by atoms with van der Waals surface area (Å²) in [6.07, 6.45) is 0. The van der Waals surface area contributed by atoms with Gasteiger partial charge in [0.25, 0.3) is 20.2 Å². The van der Waals surface area contributed by atoms with Crippen molar-refractivity contribution in [3.8, 4) is 17.3 Å². The van der Waals surface area contributed by atoms with Crippen molar-refractivity contribution in [2.24, 2.45) is 10.2 Å². The fourth-order valence-electron chi connectivity index (χ4n) is 4.82. The van der Waals surface area contributed by atoms with Crippen LogP contribution in [0.2, 0.25) is 0 Å². The monoisotopic (exact) mass is 712 g/mol. The molecule has 0 saturated heterocycles. The third kappa shape index (κ3) is 7.23. The Morgan fingerprint density at radius 2 is 1.35 bits per heavy atom. The van der Waals surface area contributed by atoms with E-state index in [1.165, 1.54) is 48.5 Å². The number of nitrogen functional groups attached to an aromatic ring is 1. The predicted octanol–water partition coefficient (Wildman–Crippen LogP) is 7.52. The molecule has 0 radical (unpaired) electrons. The maximum Gasteiger partial charge on any atom is 0.294 e. The zero-order valence-corrected chi connectivity index (χ0v) is 27.7. The number of thiazole rings is 1. The van der Waals surface area contributed by atoms with Gasteiger partial charge in [0.2, 0.25) is 5.13 Å². The lowest BCUT2D eigenvalue weighted by atomic mass is 10.1. The third-order valence-corrected chi connectivity index (χ3v) is 9.76. The number of pyridine rings is 1. The van der Waals surface area contributed by atoms with E-state index in [4.69, 9.17) is 5.73 Å². The van der Waals surface area contributed by atoms with Gasteiger partial charge in [0.05, 0.1) is 15.4 Å². The highest BCUT2D eigenvalue weighted by atomic mass is 32.2. The number of azo groups is 1. The minimum Gasteiger partial charge on any atom is -0.389 e. The lowest BCUT2D eigenvalue weighted by Crippen LogP contribution is -2.05. The molecule has 2 aromatic heterocycles. The van der Waals surface area contributed by atoms with Crippen LogP contribution in [0.5, 0.6) is 0 Å². The molecule has 17 heteroatoms. The zero-order chi connectivity index (χ0) is 34.9. The van der Waals surface area contributed by atoms with Crippen molar-refractivity contribution in [3.05, 3.63) is 102 Å². The first-order valence-electron chi connectivity index (χ1n) is 14.1. The van der Waals surface area contributed by atoms with E-state index in [0.29, 0.717) is 27.6 Å². The number of nitriles is 1. The Hall–Kier alpha value is -5.77. The molecule has 49 heavy (non-hydrogen) atoms. The molecule has 4 aromatic carbocycles. The minimum atomic E-state index is -4.43. The van der Waals surface area contributed by atoms with Crippen molar-refractivity contribution in [1.29, 1.82) is 5.26 Å². The van der Waals surface area contributed by atoms with Gasteiger partial charge in [-0.15, -0.1) is 10.2 Å². The van der Waals surface area contributed by atoms with Crippen LogP contribution in [0.25, 0.3) is 22.0 Å². The van der Waals surface area contributed by atoms with Crippen LogP contribution >= 0.6 is 11.3 Å². The van der Waals surface area contributed by atoms with Crippen LogP contribution in [0.4, 0.5) is 38.8 Å². The number of aromatic nitrogens is 2. The molecule has 0 aliphatic carbocycles. The molecular formula is C32H24N8O6S3. The van der Waals surface area contributed by atoms with E-state index in [-0.39, 0.29) is 37.8 Å². The second-order valence-electron chi connectivity index (χ2n) is 10.5. The highest BCUT2D eigenvalue weighted by Crippen LogP contribution is 2.40. The van der Waals surface area contributed by atoms with Gasteiger partial charge in [0, 0.05) is 22.5 Å². The van der Waals surface area contributed by atoms with Gasteiger partial charge in [-0.2, -0.15) is 22.1 Å². The van der Waals surface area contributed by atoms with E-state index in [9.17, 15) is 31.2 Å². The summed E-state index contributed by atoms with van der Waals surface area (Å²) in [5, 5.41) is 27.6. The van der Waals surface area contributed by atoms with E-state index in [1.54, 1.807) is 6.92 Å². The topological polar surface area (TPSA) is 233 Å². The van der Waals surface area contributed by atoms with Crippen LogP contribution < -0.4 is 16.4 Å². The molecule has 0 amide bonds. The van der Waals surface area contributed by atoms with Crippen molar-refractivity contribution in [1.82, 2.24) is 9.97 Å². The number of hydrogen-bond acceptors (Lipinski definition) is 13. The summed E-state index contributed by atoms with van der Waals surface area (Å²) in [6.45, 7) is 1.63. The lowest BCUT2D eigenvalue weighted by molar-refractivity contribution is 0.481. The second kappa shape index (κ2) is 13.0. The molecule has 6 N–H and O–H groups in total. The Labute approximate surface area is 284 Å². The molecule has 6 rings (SSSR count). The zero-order valence-electron chi connectivity index (χ0n) is 25.2. The van der Waals surface area contributed by atoms with Crippen LogP contribution in [0, 0.1) is 18.3 Å². The molecule has 0 unspecified atom stereocenters. The van der Waals surface area contributed by atoms with E-state index < -0.39 is 20.2 Å². The molecule has 0 atom stereocenters. The summed E-state index contributed by atoms with van der Waals surface area (Å²) in [4.78, 5) is 8.53. The minimum absolute atomic E-state index is 0.0766. The normalized spacial score (nSPS) is 11.9. The average Bonchev–Trinajstić information content (AvgIpc) is 3.44. The van der Waals surface area contributed by atoms with Crippen molar-refractivity contribution in [3.63, 3.8) is 0 Å². The number of nitrogens with one attached hydrogen (secondary N) is 2. The highest BCUT2D eigenvalue weighted by Gasteiger charge is 2.20. The summed E-state index contributed by atoms with van der Waals surface area (Å²) >= 11 is 1.12. The van der Waals surface area contributed by atoms with Crippen molar-refractivity contribution in [2.45, 2.75) is 16.7 Å². The smallest absolute Gasteiger partial charge is 0.294 e. The summed E-state index contributed by atoms with van der Waals surface area (Å²) in [7, 11) is -8.85. The SMILES string of the molecule is Cc1c(C#N)c(Nc2ccc(S(=O)(=O)O)cc2)nc(Nc2ccc(S(=O)(=O)O)cc2)c1/N=N/c1nc(-c2ccc3ccccc3c2)c(N)s1. The number of nitrogens with two attached hydrogens (primary N) is 1. The molecule has 0 spiro atoms. The van der Waals surface area contributed by atoms with E-state index >= 15 is 0 Å². The van der Waals surface area contributed by atoms with Crippen LogP contribution in [-0.2, 0) is 20.2 Å². The van der Waals surface area contributed by atoms with Crippen molar-refractivity contribution >= 4 is 81.2 Å². The van der Waals surface area contributed by atoms with Gasteiger partial charge in [0.15, 0.2) is 11.6 Å². The van der Waals surface area contributed by atoms with Gasteiger partial charge in [-0.1, -0.05) is 47.7 Å². The molecule has 2 heterocycles. The average molecular weight is 713 g/mol. The lowest BCUT2D eigenvalue weighted by Gasteiger charge is -2.16.